The van der Waals surface area contributed by atoms with E-state index in [0.717, 1.165) is 24.1 Å². The van der Waals surface area contributed by atoms with Crippen molar-refractivity contribution < 1.29 is 9.59 Å². The van der Waals surface area contributed by atoms with Gasteiger partial charge in [0.25, 0.3) is 0 Å². The van der Waals surface area contributed by atoms with Crippen LogP contribution in [-0.4, -0.2) is 17.4 Å². The SMILES string of the molecule is N#CC1=C(SCC(=O)Nc2cccc(Cl)c2)NC2=C(C(=O)CCC2)C1c1ccc(Cl)cc1. The van der Waals surface area contributed by atoms with Crippen LogP contribution in [0, 0.1) is 11.3 Å². The number of ketones is 1. The van der Waals surface area contributed by atoms with Crippen LogP contribution in [0.25, 0.3) is 0 Å². The third-order valence-corrected chi connectivity index (χ3v) is 6.83. The molecular formula is C24H19Cl2N3O2S. The zero-order valence-corrected chi connectivity index (χ0v) is 19.3. The number of carbonyl (C=O) groups is 2. The molecule has 1 heterocycles. The summed E-state index contributed by atoms with van der Waals surface area (Å²) in [5.74, 6) is -0.537. The van der Waals surface area contributed by atoms with E-state index in [0.29, 0.717) is 38.3 Å². The summed E-state index contributed by atoms with van der Waals surface area (Å²) in [6, 6.07) is 16.4. The lowest BCUT2D eigenvalue weighted by molar-refractivity contribution is -0.116. The molecule has 0 aromatic heterocycles. The van der Waals surface area contributed by atoms with Gasteiger partial charge < -0.3 is 10.6 Å². The number of Topliss-reactive ketones (excluding diaryl/α,β-unsaturated/α-hetero) is 1. The molecule has 0 saturated heterocycles. The standard InChI is InChI=1S/C24H19Cl2N3O2S/c25-15-9-7-14(8-10-15)22-18(12-27)24(29-19-5-2-6-20(30)23(19)22)32-13-21(31)28-17-4-1-3-16(26)11-17/h1,3-4,7-11,22,29H,2,5-6,13H2,(H,28,31). The number of carbonyl (C=O) groups excluding carboxylic acids is 2. The predicted molar refractivity (Wildman–Crippen MR) is 128 cm³/mol. The molecule has 2 N–H and O–H groups in total. The Bertz CT molecular complexity index is 1180. The highest BCUT2D eigenvalue weighted by molar-refractivity contribution is 8.03. The number of hydrogen-bond donors (Lipinski definition) is 2. The molecule has 162 valence electrons. The number of hydrogen-bond acceptors (Lipinski definition) is 5. The number of halogens is 2. The summed E-state index contributed by atoms with van der Waals surface area (Å²) in [6.45, 7) is 0. The lowest BCUT2D eigenvalue weighted by Crippen LogP contribution is -2.31. The Labute approximate surface area is 200 Å². The van der Waals surface area contributed by atoms with Crippen molar-refractivity contribution in [2.24, 2.45) is 0 Å². The molecule has 0 radical (unpaired) electrons. The molecule has 1 atom stereocenters. The maximum Gasteiger partial charge on any atom is 0.234 e. The van der Waals surface area contributed by atoms with E-state index in [1.165, 1.54) is 11.8 Å². The summed E-state index contributed by atoms with van der Waals surface area (Å²) < 4.78 is 0. The highest BCUT2D eigenvalue weighted by Gasteiger charge is 2.37. The van der Waals surface area contributed by atoms with E-state index in [9.17, 15) is 14.9 Å². The van der Waals surface area contributed by atoms with E-state index in [4.69, 9.17) is 23.2 Å². The molecule has 1 unspecified atom stereocenters. The highest BCUT2D eigenvalue weighted by Crippen LogP contribution is 2.44. The Kier molecular flexibility index (Phi) is 6.90. The molecule has 0 saturated carbocycles. The molecule has 1 aliphatic carbocycles. The molecule has 8 heteroatoms. The number of rotatable bonds is 5. The first-order chi connectivity index (χ1) is 15.5. The number of thioether (sulfide) groups is 1. The molecule has 0 spiro atoms. The number of allylic oxidation sites excluding steroid dienone is 3. The summed E-state index contributed by atoms with van der Waals surface area (Å²) in [6.07, 6.45) is 1.95. The molecule has 1 amide bonds. The van der Waals surface area contributed by atoms with E-state index in [1.54, 1.807) is 36.4 Å². The minimum Gasteiger partial charge on any atom is -0.352 e. The molecule has 2 aromatic rings. The normalized spacial score (nSPS) is 18.0. The Morgan fingerprint density at radius 1 is 1.16 bits per heavy atom. The molecule has 2 aromatic carbocycles. The molecule has 4 rings (SSSR count). The number of nitriles is 1. The largest absolute Gasteiger partial charge is 0.352 e. The number of anilines is 1. The second-order valence-electron chi connectivity index (χ2n) is 7.48. The van der Waals surface area contributed by atoms with Crippen LogP contribution in [0.1, 0.15) is 30.7 Å². The zero-order chi connectivity index (χ0) is 22.7. The first kappa shape index (κ1) is 22.5. The van der Waals surface area contributed by atoms with Gasteiger partial charge in [-0.2, -0.15) is 5.26 Å². The van der Waals surface area contributed by atoms with Crippen LogP contribution >= 0.6 is 35.0 Å². The first-order valence-corrected chi connectivity index (χ1v) is 11.8. The number of nitrogens with zero attached hydrogens (tertiary/aromatic N) is 1. The lowest BCUT2D eigenvalue weighted by atomic mass is 9.77. The maximum atomic E-state index is 12.8. The number of benzene rings is 2. The Morgan fingerprint density at radius 2 is 1.94 bits per heavy atom. The summed E-state index contributed by atoms with van der Waals surface area (Å²) in [5.41, 5.74) is 3.34. The molecule has 2 aliphatic rings. The van der Waals surface area contributed by atoms with Crippen molar-refractivity contribution in [1.29, 1.82) is 5.26 Å². The van der Waals surface area contributed by atoms with Crippen LogP contribution in [0.15, 0.2) is 70.4 Å². The quantitative estimate of drug-likeness (QED) is 0.561. The number of nitrogens with one attached hydrogen (secondary N) is 2. The van der Waals surface area contributed by atoms with Crippen LogP contribution in [0.4, 0.5) is 5.69 Å². The minimum atomic E-state index is -0.472. The smallest absolute Gasteiger partial charge is 0.234 e. The summed E-state index contributed by atoms with van der Waals surface area (Å²) in [7, 11) is 0. The van der Waals surface area contributed by atoms with Crippen molar-refractivity contribution in [3.05, 3.63) is 86.0 Å². The van der Waals surface area contributed by atoms with Crippen molar-refractivity contribution in [2.45, 2.75) is 25.2 Å². The van der Waals surface area contributed by atoms with E-state index >= 15 is 0 Å². The van der Waals surface area contributed by atoms with Gasteiger partial charge in [-0.05, 0) is 48.7 Å². The van der Waals surface area contributed by atoms with Gasteiger partial charge in [0.15, 0.2) is 5.78 Å². The van der Waals surface area contributed by atoms with Gasteiger partial charge in [-0.25, -0.2) is 0 Å². The van der Waals surface area contributed by atoms with Crippen molar-refractivity contribution in [3.63, 3.8) is 0 Å². The topological polar surface area (TPSA) is 82.0 Å². The van der Waals surface area contributed by atoms with Crippen molar-refractivity contribution >= 4 is 52.3 Å². The zero-order valence-electron chi connectivity index (χ0n) is 17.0. The summed E-state index contributed by atoms with van der Waals surface area (Å²) in [4.78, 5) is 25.3. The molecule has 0 bridgehead atoms. The lowest BCUT2D eigenvalue weighted by Gasteiger charge is -2.33. The molecule has 1 aliphatic heterocycles. The summed E-state index contributed by atoms with van der Waals surface area (Å²) >= 11 is 13.3. The summed E-state index contributed by atoms with van der Waals surface area (Å²) in [5, 5.41) is 17.8. The van der Waals surface area contributed by atoms with Crippen LogP contribution in [0.2, 0.25) is 10.0 Å². The van der Waals surface area contributed by atoms with Crippen molar-refractivity contribution in [1.82, 2.24) is 5.32 Å². The average molecular weight is 484 g/mol. The van der Waals surface area contributed by atoms with E-state index in [2.05, 4.69) is 16.7 Å². The average Bonchev–Trinajstić information content (AvgIpc) is 2.77. The number of amides is 1. The first-order valence-electron chi connectivity index (χ1n) is 10.1. The fourth-order valence-electron chi connectivity index (χ4n) is 3.93. The highest BCUT2D eigenvalue weighted by atomic mass is 35.5. The van der Waals surface area contributed by atoms with E-state index in [-0.39, 0.29) is 17.4 Å². The van der Waals surface area contributed by atoms with E-state index < -0.39 is 5.92 Å². The maximum absolute atomic E-state index is 12.8. The second kappa shape index (κ2) is 9.83. The molecule has 0 fully saturated rings. The van der Waals surface area contributed by atoms with Gasteiger partial charge in [0.1, 0.15) is 0 Å². The molecular weight excluding hydrogens is 465 g/mol. The van der Waals surface area contributed by atoms with Gasteiger partial charge in [-0.1, -0.05) is 53.2 Å². The second-order valence-corrected chi connectivity index (χ2v) is 9.34. The van der Waals surface area contributed by atoms with Crippen molar-refractivity contribution in [2.75, 3.05) is 11.1 Å². The molecule has 32 heavy (non-hydrogen) atoms. The van der Waals surface area contributed by atoms with Gasteiger partial charge in [0.2, 0.25) is 5.91 Å². The Balaban J connectivity index is 1.61. The van der Waals surface area contributed by atoms with Gasteiger partial charge >= 0.3 is 0 Å². The fourth-order valence-corrected chi connectivity index (χ4v) is 5.11. The van der Waals surface area contributed by atoms with Crippen LogP contribution in [-0.2, 0) is 9.59 Å². The van der Waals surface area contributed by atoms with Crippen LogP contribution < -0.4 is 10.6 Å². The molecule has 5 nitrogen and oxygen atoms in total. The third-order valence-electron chi connectivity index (χ3n) is 5.32. The Hall–Kier alpha value is -2.72. The fraction of sp³-hybridized carbons (Fsp3) is 0.208. The monoisotopic (exact) mass is 483 g/mol. The minimum absolute atomic E-state index is 0.0502. The van der Waals surface area contributed by atoms with Gasteiger partial charge in [-0.15, -0.1) is 0 Å². The number of dihydropyridines is 1. The van der Waals surface area contributed by atoms with Crippen molar-refractivity contribution in [3.8, 4) is 6.07 Å². The van der Waals surface area contributed by atoms with Crippen LogP contribution in [0.5, 0.6) is 0 Å². The van der Waals surface area contributed by atoms with E-state index in [1.807, 2.05) is 12.1 Å². The van der Waals surface area contributed by atoms with Gasteiger partial charge in [0.05, 0.1) is 28.3 Å². The third kappa shape index (κ3) is 4.86. The van der Waals surface area contributed by atoms with Gasteiger partial charge in [0, 0.05) is 33.4 Å². The van der Waals surface area contributed by atoms with Gasteiger partial charge in [-0.3, -0.25) is 9.59 Å². The van der Waals surface area contributed by atoms with Crippen LogP contribution in [0.3, 0.4) is 0 Å². The predicted octanol–water partition coefficient (Wildman–Crippen LogP) is 5.79. The Morgan fingerprint density at radius 3 is 2.66 bits per heavy atom.